The first-order chi connectivity index (χ1) is 16.1. The number of amides is 3. The van der Waals surface area contributed by atoms with Crippen LogP contribution in [0.5, 0.6) is 0 Å². The normalized spacial score (nSPS) is 18.4. The number of carboxylic acids is 1. The molecule has 0 bridgehead atoms. The molecule has 0 spiro atoms. The first-order valence-electron chi connectivity index (χ1n) is 11.5. The third-order valence-corrected chi connectivity index (χ3v) is 6.36. The summed E-state index contributed by atoms with van der Waals surface area (Å²) in [6.07, 6.45) is 6.80. The van der Waals surface area contributed by atoms with Gasteiger partial charge in [0.05, 0.1) is 12.4 Å². The summed E-state index contributed by atoms with van der Waals surface area (Å²) in [5, 5.41) is 15.0. The summed E-state index contributed by atoms with van der Waals surface area (Å²) in [4.78, 5) is 58.9. The number of thioether (sulfide) groups is 1. The number of hydrogen-bond acceptors (Lipinski definition) is 7. The Morgan fingerprint density at radius 1 is 1.26 bits per heavy atom. The van der Waals surface area contributed by atoms with E-state index in [4.69, 9.17) is 5.73 Å². The lowest BCUT2D eigenvalue weighted by Gasteiger charge is -2.29. The lowest BCUT2D eigenvalue weighted by Crippen LogP contribution is -2.57. The minimum atomic E-state index is -1.07. The molecule has 2 heterocycles. The van der Waals surface area contributed by atoms with Crippen LogP contribution in [0, 0.1) is 5.92 Å². The minimum Gasteiger partial charge on any atom is -0.480 e. The number of carbonyl (C=O) groups is 4. The van der Waals surface area contributed by atoms with Crippen LogP contribution >= 0.6 is 11.8 Å². The van der Waals surface area contributed by atoms with Crippen molar-refractivity contribution in [1.29, 1.82) is 0 Å². The maximum atomic E-state index is 13.3. The zero-order chi connectivity index (χ0) is 25.3. The maximum absolute atomic E-state index is 13.3. The predicted molar refractivity (Wildman–Crippen MR) is 129 cm³/mol. The lowest BCUT2D eigenvalue weighted by molar-refractivity contribution is -0.149. The number of carboxylic acid groups (broad SMARTS) is 1. The van der Waals surface area contributed by atoms with Gasteiger partial charge in [-0.15, -0.1) is 0 Å². The van der Waals surface area contributed by atoms with Gasteiger partial charge in [0.15, 0.2) is 0 Å². The van der Waals surface area contributed by atoms with Crippen molar-refractivity contribution in [2.75, 3.05) is 18.6 Å². The molecule has 34 heavy (non-hydrogen) atoms. The van der Waals surface area contributed by atoms with Crippen molar-refractivity contribution < 1.29 is 24.3 Å². The zero-order valence-corrected chi connectivity index (χ0v) is 20.8. The summed E-state index contributed by atoms with van der Waals surface area (Å²) in [5.74, 6) is -1.64. The molecule has 190 valence electrons. The van der Waals surface area contributed by atoms with E-state index in [-0.39, 0.29) is 12.3 Å². The van der Waals surface area contributed by atoms with E-state index >= 15 is 0 Å². The first-order valence-corrected chi connectivity index (χ1v) is 12.9. The molecule has 1 fully saturated rings. The smallest absolute Gasteiger partial charge is 0.326 e. The predicted octanol–water partition coefficient (Wildman–Crippen LogP) is 0.124. The van der Waals surface area contributed by atoms with E-state index in [2.05, 4.69) is 20.6 Å². The molecular weight excluding hydrogens is 460 g/mol. The number of nitrogens with one attached hydrogen (secondary N) is 3. The van der Waals surface area contributed by atoms with Crippen LogP contribution in [0.1, 0.15) is 45.2 Å². The molecule has 6 N–H and O–H groups in total. The number of aromatic nitrogens is 2. The summed E-state index contributed by atoms with van der Waals surface area (Å²) in [5.41, 5.74) is 6.60. The van der Waals surface area contributed by atoms with Crippen molar-refractivity contribution in [3.63, 3.8) is 0 Å². The summed E-state index contributed by atoms with van der Waals surface area (Å²) < 4.78 is 0. The molecule has 1 aliphatic rings. The van der Waals surface area contributed by atoms with Gasteiger partial charge in [0.2, 0.25) is 17.7 Å². The fraction of sp³-hybridized carbons (Fsp3) is 0.682. The second-order valence-corrected chi connectivity index (χ2v) is 9.93. The maximum Gasteiger partial charge on any atom is 0.326 e. The van der Waals surface area contributed by atoms with Crippen molar-refractivity contribution >= 4 is 35.5 Å². The summed E-state index contributed by atoms with van der Waals surface area (Å²) in [7, 11) is 0. The summed E-state index contributed by atoms with van der Waals surface area (Å²) in [6, 6.07) is -3.54. The SMILES string of the molecule is CSCCC(NC(=O)C(N)CC(C)C)C(=O)NC(Cc1cnc[nH]1)C(=O)N1CCCC1C(=O)O. The standard InChI is InChI=1S/C22H36N6O5S/c1-13(2)9-15(23)19(29)26-16(6-8-34-3)20(30)27-17(10-14-11-24-12-25-14)21(31)28-7-4-5-18(28)22(32)33/h11-13,15-18H,4-10,23H2,1-3H3,(H,24,25)(H,26,29)(H,27,30)(H,32,33). The molecule has 1 aromatic heterocycles. The molecule has 4 unspecified atom stereocenters. The van der Waals surface area contributed by atoms with Crippen LogP contribution in [-0.2, 0) is 25.6 Å². The highest BCUT2D eigenvalue weighted by molar-refractivity contribution is 7.98. The summed E-state index contributed by atoms with van der Waals surface area (Å²) >= 11 is 1.53. The van der Waals surface area contributed by atoms with Crippen molar-refractivity contribution in [2.24, 2.45) is 11.7 Å². The van der Waals surface area contributed by atoms with Crippen LogP contribution in [0.15, 0.2) is 12.5 Å². The second kappa shape index (κ2) is 13.3. The highest BCUT2D eigenvalue weighted by Crippen LogP contribution is 2.19. The van der Waals surface area contributed by atoms with E-state index in [1.165, 1.54) is 23.0 Å². The Labute approximate surface area is 204 Å². The number of hydrogen-bond donors (Lipinski definition) is 5. The van der Waals surface area contributed by atoms with Crippen LogP contribution in [0.25, 0.3) is 0 Å². The minimum absolute atomic E-state index is 0.115. The highest BCUT2D eigenvalue weighted by Gasteiger charge is 2.38. The van der Waals surface area contributed by atoms with Gasteiger partial charge in [0, 0.05) is 24.9 Å². The molecule has 1 saturated heterocycles. The number of rotatable bonds is 13. The highest BCUT2D eigenvalue weighted by atomic mass is 32.2. The van der Waals surface area contributed by atoms with Crippen molar-refractivity contribution in [2.45, 2.75) is 70.1 Å². The summed E-state index contributed by atoms with van der Waals surface area (Å²) in [6.45, 7) is 4.22. The average molecular weight is 497 g/mol. The van der Waals surface area contributed by atoms with Crippen molar-refractivity contribution in [1.82, 2.24) is 25.5 Å². The number of likely N-dealkylation sites (tertiary alicyclic amines) is 1. The van der Waals surface area contributed by atoms with Gasteiger partial charge < -0.3 is 31.4 Å². The number of imidazole rings is 1. The van der Waals surface area contributed by atoms with E-state index in [1.54, 1.807) is 6.20 Å². The van der Waals surface area contributed by atoms with Crippen molar-refractivity contribution in [3.05, 3.63) is 18.2 Å². The Morgan fingerprint density at radius 2 is 1.97 bits per heavy atom. The van der Waals surface area contributed by atoms with Crippen LogP contribution in [0.4, 0.5) is 0 Å². The Balaban J connectivity index is 2.18. The molecule has 12 heteroatoms. The Hall–Kier alpha value is -2.60. The van der Waals surface area contributed by atoms with Gasteiger partial charge in [-0.05, 0) is 43.6 Å². The molecule has 0 radical (unpaired) electrons. The molecule has 1 aromatic rings. The molecule has 0 saturated carbocycles. The number of carbonyl (C=O) groups excluding carboxylic acids is 3. The molecule has 1 aliphatic heterocycles. The van der Waals surface area contributed by atoms with Gasteiger partial charge in [0.1, 0.15) is 18.1 Å². The molecule has 2 rings (SSSR count). The van der Waals surface area contributed by atoms with Gasteiger partial charge in [-0.25, -0.2) is 9.78 Å². The van der Waals surface area contributed by atoms with Gasteiger partial charge in [-0.2, -0.15) is 11.8 Å². The number of aromatic amines is 1. The second-order valence-electron chi connectivity index (χ2n) is 8.95. The first kappa shape index (κ1) is 27.6. The largest absolute Gasteiger partial charge is 0.480 e. The number of nitrogens with zero attached hydrogens (tertiary/aromatic N) is 2. The molecule has 0 aromatic carbocycles. The molecular formula is C22H36N6O5S. The number of H-pyrrole nitrogens is 1. The van der Waals surface area contributed by atoms with E-state index in [0.29, 0.717) is 43.7 Å². The third kappa shape index (κ3) is 8.01. The Bertz CT molecular complexity index is 834. The monoisotopic (exact) mass is 496 g/mol. The Morgan fingerprint density at radius 3 is 2.56 bits per heavy atom. The van der Waals surface area contributed by atoms with Gasteiger partial charge in [0.25, 0.3) is 0 Å². The molecule has 11 nitrogen and oxygen atoms in total. The molecule has 4 atom stereocenters. The average Bonchev–Trinajstić information content (AvgIpc) is 3.47. The number of nitrogens with two attached hydrogens (primary N) is 1. The zero-order valence-electron chi connectivity index (χ0n) is 20.0. The van der Waals surface area contributed by atoms with E-state index in [0.717, 1.165) is 0 Å². The van der Waals surface area contributed by atoms with Crippen LogP contribution < -0.4 is 16.4 Å². The van der Waals surface area contributed by atoms with Gasteiger partial charge in [-0.3, -0.25) is 14.4 Å². The number of aliphatic carboxylic acids is 1. The van der Waals surface area contributed by atoms with Crippen LogP contribution in [0.2, 0.25) is 0 Å². The van der Waals surface area contributed by atoms with Crippen LogP contribution in [-0.4, -0.2) is 86.4 Å². The van der Waals surface area contributed by atoms with Gasteiger partial charge in [-0.1, -0.05) is 13.8 Å². The van der Waals surface area contributed by atoms with Gasteiger partial charge >= 0.3 is 5.97 Å². The topological polar surface area (TPSA) is 171 Å². The van der Waals surface area contributed by atoms with Crippen LogP contribution in [0.3, 0.4) is 0 Å². The Kier molecular flexibility index (Phi) is 10.8. The molecule has 0 aliphatic carbocycles. The van der Waals surface area contributed by atoms with E-state index in [9.17, 15) is 24.3 Å². The molecule has 3 amide bonds. The fourth-order valence-electron chi connectivity index (χ4n) is 3.97. The van der Waals surface area contributed by atoms with E-state index in [1.807, 2.05) is 20.1 Å². The van der Waals surface area contributed by atoms with E-state index < -0.39 is 47.9 Å². The lowest BCUT2D eigenvalue weighted by atomic mass is 10.0. The van der Waals surface area contributed by atoms with Crippen molar-refractivity contribution in [3.8, 4) is 0 Å². The third-order valence-electron chi connectivity index (χ3n) is 5.72. The quantitative estimate of drug-likeness (QED) is 0.256. The fourth-order valence-corrected chi connectivity index (χ4v) is 4.45.